The fourth-order valence-electron chi connectivity index (χ4n) is 2.67. The van der Waals surface area contributed by atoms with Crippen LogP contribution in [0.1, 0.15) is 0 Å². The Labute approximate surface area is 157 Å². The van der Waals surface area contributed by atoms with Crippen LogP contribution in [0.5, 0.6) is 12.0 Å². The van der Waals surface area contributed by atoms with Gasteiger partial charge in [0.1, 0.15) is 16.5 Å². The molecule has 0 aromatic carbocycles. The second-order valence-electron chi connectivity index (χ2n) is 10.3. The van der Waals surface area contributed by atoms with Crippen LogP contribution in [0.15, 0.2) is 0 Å². The van der Waals surface area contributed by atoms with E-state index in [2.05, 4.69) is 87.8 Å². The average molecular weight is 417 g/mol. The van der Waals surface area contributed by atoms with Gasteiger partial charge in [-0.15, -0.1) is 4.98 Å². The first-order valence-electron chi connectivity index (χ1n) is 8.83. The lowest BCUT2D eigenvalue weighted by Crippen LogP contribution is -2.60. The summed E-state index contributed by atoms with van der Waals surface area (Å²) >= 11 is 0. The summed E-state index contributed by atoms with van der Waals surface area (Å²) in [7, 11) is -6.99. The van der Waals surface area contributed by atoms with Gasteiger partial charge in [0.25, 0.3) is 0 Å². The Morgan fingerprint density at radius 2 is 0.880 bits per heavy atom. The molecule has 1 rings (SSSR count). The summed E-state index contributed by atoms with van der Waals surface area (Å²) in [6.07, 6.45) is 0. The maximum absolute atomic E-state index is 6.09. The fraction of sp³-hybridized carbons (Fsp3) is 0.800. The summed E-state index contributed by atoms with van der Waals surface area (Å²) in [6.45, 7) is 26.7. The van der Waals surface area contributed by atoms with Gasteiger partial charge < -0.3 is 13.1 Å². The Kier molecular flexibility index (Phi) is 6.36. The van der Waals surface area contributed by atoms with Gasteiger partial charge in [0, 0.05) is 0 Å². The van der Waals surface area contributed by atoms with Gasteiger partial charge in [-0.25, -0.2) is 0 Å². The van der Waals surface area contributed by atoms with Crippen molar-refractivity contribution in [1.29, 1.82) is 0 Å². The molecule has 0 saturated heterocycles. The van der Waals surface area contributed by atoms with Crippen LogP contribution in [0.2, 0.25) is 78.6 Å². The van der Waals surface area contributed by atoms with Crippen LogP contribution in [-0.4, -0.2) is 48.1 Å². The number of aromatic nitrogens is 3. The number of rotatable bonds is 7. The van der Waals surface area contributed by atoms with Crippen molar-refractivity contribution < 1.29 is 8.85 Å². The predicted molar refractivity (Wildman–Crippen MR) is 117 cm³/mol. The number of nitrogens with zero attached hydrogens (tertiary/aromatic N) is 4. The molecule has 0 spiro atoms. The quantitative estimate of drug-likeness (QED) is 0.596. The first-order valence-corrected chi connectivity index (χ1v) is 22.5. The normalized spacial score (nSPS) is 13.6. The van der Waals surface area contributed by atoms with Gasteiger partial charge in [-0.1, -0.05) is 39.3 Å². The van der Waals surface area contributed by atoms with Crippen LogP contribution in [-0.2, 0) is 0 Å². The van der Waals surface area contributed by atoms with Crippen LogP contribution in [0.25, 0.3) is 0 Å². The van der Waals surface area contributed by atoms with Gasteiger partial charge in [0.15, 0.2) is 0 Å². The zero-order chi connectivity index (χ0) is 19.8. The average Bonchev–Trinajstić information content (AvgIpc) is 2.17. The zero-order valence-electron chi connectivity index (χ0n) is 18.1. The Morgan fingerprint density at radius 3 is 1.12 bits per heavy atom. The lowest BCUT2D eigenvalue weighted by atomic mass is 10.9. The topological polar surface area (TPSA) is 60.4 Å². The van der Waals surface area contributed by atoms with E-state index in [1.807, 2.05) is 0 Å². The standard InChI is InChI=1S/C15H36N4O2Si4/c1-22(2,3)19(23(4,5)6)13-16-14(20-24(7,8)9)18-15(17-13)21-25(10,11)12/h1-12H3. The molecule has 0 unspecified atom stereocenters. The van der Waals surface area contributed by atoms with Crippen molar-refractivity contribution in [3.63, 3.8) is 0 Å². The summed E-state index contributed by atoms with van der Waals surface area (Å²) < 4.78 is 14.6. The zero-order valence-corrected chi connectivity index (χ0v) is 22.1. The van der Waals surface area contributed by atoms with Crippen molar-refractivity contribution in [1.82, 2.24) is 15.0 Å². The molecule has 0 atom stereocenters. The lowest BCUT2D eigenvalue weighted by Gasteiger charge is -2.43. The van der Waals surface area contributed by atoms with E-state index in [1.165, 1.54) is 0 Å². The van der Waals surface area contributed by atoms with Crippen molar-refractivity contribution in [2.75, 3.05) is 4.23 Å². The molecule has 0 bridgehead atoms. The highest BCUT2D eigenvalue weighted by Gasteiger charge is 2.37. The first-order chi connectivity index (χ1) is 10.9. The molecule has 25 heavy (non-hydrogen) atoms. The van der Waals surface area contributed by atoms with Gasteiger partial charge in [0.2, 0.25) is 22.6 Å². The van der Waals surface area contributed by atoms with E-state index in [0.717, 1.165) is 5.95 Å². The van der Waals surface area contributed by atoms with E-state index in [-0.39, 0.29) is 0 Å². The maximum atomic E-state index is 6.09. The molecule has 1 heterocycles. The highest BCUT2D eigenvalue weighted by atomic mass is 28.4. The van der Waals surface area contributed by atoms with Gasteiger partial charge in [-0.05, 0) is 39.3 Å². The minimum atomic E-state index is -1.82. The van der Waals surface area contributed by atoms with Crippen molar-refractivity contribution in [3.05, 3.63) is 0 Å². The molecule has 0 aliphatic rings. The SMILES string of the molecule is C[Si](C)(C)Oc1nc(O[Si](C)(C)C)nc(N([Si](C)(C)C)[Si](C)(C)C)n1. The third-order valence-electron chi connectivity index (χ3n) is 2.92. The molecular formula is C15H36N4O2Si4. The third kappa shape index (κ3) is 7.58. The van der Waals surface area contributed by atoms with E-state index < -0.39 is 33.1 Å². The fourth-order valence-corrected chi connectivity index (χ4v) is 13.4. The second-order valence-corrected chi connectivity index (χ2v) is 29.2. The molecule has 0 amide bonds. The van der Waals surface area contributed by atoms with Crippen LogP contribution < -0.4 is 13.1 Å². The molecule has 1 aromatic rings. The van der Waals surface area contributed by atoms with Gasteiger partial charge in [0.05, 0.1) is 0 Å². The molecule has 10 heteroatoms. The van der Waals surface area contributed by atoms with Crippen LogP contribution >= 0.6 is 0 Å². The largest absolute Gasteiger partial charge is 0.518 e. The van der Waals surface area contributed by atoms with Crippen LogP contribution in [0.3, 0.4) is 0 Å². The third-order valence-corrected chi connectivity index (χ3v) is 11.6. The highest BCUT2D eigenvalue weighted by molar-refractivity contribution is 6.99. The molecule has 0 radical (unpaired) electrons. The number of anilines is 1. The molecule has 0 N–H and O–H groups in total. The highest BCUT2D eigenvalue weighted by Crippen LogP contribution is 2.28. The monoisotopic (exact) mass is 416 g/mol. The lowest BCUT2D eigenvalue weighted by molar-refractivity contribution is 0.460. The summed E-state index contributed by atoms with van der Waals surface area (Å²) in [5.74, 6) is 0.717. The molecule has 144 valence electrons. The van der Waals surface area contributed by atoms with Crippen molar-refractivity contribution in [2.45, 2.75) is 78.6 Å². The van der Waals surface area contributed by atoms with Crippen LogP contribution in [0, 0.1) is 0 Å². The van der Waals surface area contributed by atoms with Crippen molar-refractivity contribution >= 4 is 39.1 Å². The minimum absolute atomic E-state index is 0.402. The molecule has 6 nitrogen and oxygen atoms in total. The summed E-state index contributed by atoms with van der Waals surface area (Å²) in [5, 5.41) is 0. The van der Waals surface area contributed by atoms with Gasteiger partial charge in [-0.3, -0.25) is 0 Å². The first kappa shape index (κ1) is 22.3. The minimum Gasteiger partial charge on any atom is -0.518 e. The molecule has 0 saturated carbocycles. The molecule has 0 aliphatic carbocycles. The Balaban J connectivity index is 3.51. The Hall–Kier alpha value is -0.722. The molecule has 1 aromatic heterocycles. The van der Waals surface area contributed by atoms with E-state index in [1.54, 1.807) is 0 Å². The van der Waals surface area contributed by atoms with Gasteiger partial charge in [-0.2, -0.15) is 9.97 Å². The van der Waals surface area contributed by atoms with E-state index in [0.29, 0.717) is 12.0 Å². The summed E-state index contributed by atoms with van der Waals surface area (Å²) in [5.41, 5.74) is 0. The van der Waals surface area contributed by atoms with Gasteiger partial charge >= 0.3 is 12.0 Å². The summed E-state index contributed by atoms with van der Waals surface area (Å²) in [4.78, 5) is 13.9. The maximum Gasteiger partial charge on any atom is 0.310 e. The predicted octanol–water partition coefficient (Wildman–Crippen LogP) is 4.78. The molecular weight excluding hydrogens is 381 g/mol. The van der Waals surface area contributed by atoms with Crippen molar-refractivity contribution in [3.8, 4) is 12.0 Å². The summed E-state index contributed by atoms with van der Waals surface area (Å²) in [6, 6.07) is 0.804. The second kappa shape index (κ2) is 7.12. The van der Waals surface area contributed by atoms with Crippen LogP contribution in [0.4, 0.5) is 5.95 Å². The van der Waals surface area contributed by atoms with E-state index in [9.17, 15) is 0 Å². The van der Waals surface area contributed by atoms with E-state index in [4.69, 9.17) is 18.8 Å². The number of hydrogen-bond donors (Lipinski definition) is 0. The Morgan fingerprint density at radius 1 is 0.560 bits per heavy atom. The van der Waals surface area contributed by atoms with E-state index >= 15 is 0 Å². The molecule has 0 fully saturated rings. The van der Waals surface area contributed by atoms with Crippen molar-refractivity contribution in [2.24, 2.45) is 0 Å². The molecule has 0 aliphatic heterocycles. The number of hydrogen-bond acceptors (Lipinski definition) is 6. The Bertz CT molecular complexity index is 553. The smallest absolute Gasteiger partial charge is 0.310 e.